The molecule has 0 spiro atoms. The number of rotatable bonds is 4. The number of amides is 1. The van der Waals surface area contributed by atoms with Crippen LogP contribution in [0.15, 0.2) is 42.5 Å². The van der Waals surface area contributed by atoms with Crippen LogP contribution in [0.3, 0.4) is 0 Å². The summed E-state index contributed by atoms with van der Waals surface area (Å²) in [5.74, 6) is 4.26. The first-order valence-corrected chi connectivity index (χ1v) is 9.74. The van der Waals surface area contributed by atoms with E-state index in [2.05, 4.69) is 11.2 Å². The van der Waals surface area contributed by atoms with Crippen LogP contribution in [0.2, 0.25) is 0 Å². The Kier molecular flexibility index (Phi) is 5.38. The number of likely N-dealkylation sites (tertiary alicyclic amines) is 1. The van der Waals surface area contributed by atoms with Crippen molar-refractivity contribution in [2.75, 3.05) is 31.6 Å². The summed E-state index contributed by atoms with van der Waals surface area (Å²) in [7, 11) is 0. The molecule has 0 aromatic heterocycles. The van der Waals surface area contributed by atoms with E-state index in [1.165, 1.54) is 0 Å². The maximum absolute atomic E-state index is 12.9. The Balaban J connectivity index is 1.45. The lowest BCUT2D eigenvalue weighted by Crippen LogP contribution is -2.35. The third-order valence-corrected chi connectivity index (χ3v) is 5.20. The second kappa shape index (κ2) is 8.26. The number of terminal acetylenes is 1. The lowest BCUT2D eigenvalue weighted by molar-refractivity contribution is -0.130. The molecule has 0 aliphatic carbocycles. The topological polar surface area (TPSA) is 50.8 Å². The molecule has 1 N–H and O–H groups in total. The van der Waals surface area contributed by atoms with Gasteiger partial charge in [-0.2, -0.15) is 0 Å². The first-order valence-electron chi connectivity index (χ1n) is 9.74. The van der Waals surface area contributed by atoms with E-state index < -0.39 is 0 Å². The van der Waals surface area contributed by atoms with Gasteiger partial charge in [-0.25, -0.2) is 0 Å². The lowest BCUT2D eigenvalue weighted by Gasteiger charge is -2.26. The van der Waals surface area contributed by atoms with Crippen molar-refractivity contribution in [3.05, 3.63) is 53.6 Å². The molecule has 5 heteroatoms. The molecule has 1 saturated heterocycles. The van der Waals surface area contributed by atoms with Crippen molar-refractivity contribution in [3.8, 4) is 23.8 Å². The Morgan fingerprint density at radius 2 is 2.00 bits per heavy atom. The molecular weight excluding hydrogens is 352 g/mol. The zero-order valence-electron chi connectivity index (χ0n) is 15.8. The number of anilines is 1. The molecule has 28 heavy (non-hydrogen) atoms. The Hall–Kier alpha value is -3.13. The fourth-order valence-electron chi connectivity index (χ4n) is 3.80. The summed E-state index contributed by atoms with van der Waals surface area (Å²) in [4.78, 5) is 14.8. The van der Waals surface area contributed by atoms with Crippen LogP contribution in [0.4, 0.5) is 5.69 Å². The molecule has 2 heterocycles. The van der Waals surface area contributed by atoms with Gasteiger partial charge in [0.2, 0.25) is 5.91 Å². The first kappa shape index (κ1) is 18.2. The summed E-state index contributed by atoms with van der Waals surface area (Å²) in [5.41, 5.74) is 2.75. The molecule has 2 aliphatic heterocycles. The predicted octanol–water partition coefficient (Wildman–Crippen LogP) is 3.60. The monoisotopic (exact) mass is 376 g/mol. The van der Waals surface area contributed by atoms with E-state index in [1.807, 2.05) is 47.4 Å². The first-order chi connectivity index (χ1) is 13.7. The Labute approximate surface area is 165 Å². The van der Waals surface area contributed by atoms with Gasteiger partial charge in [0, 0.05) is 24.2 Å². The van der Waals surface area contributed by atoms with Gasteiger partial charge in [0.15, 0.2) is 11.5 Å². The molecule has 0 saturated carbocycles. The maximum atomic E-state index is 12.9. The minimum Gasteiger partial charge on any atom is -0.490 e. The summed E-state index contributed by atoms with van der Waals surface area (Å²) in [5, 5.41) is 3.19. The number of nitrogens with zero attached hydrogens (tertiary/aromatic N) is 1. The predicted molar refractivity (Wildman–Crippen MR) is 109 cm³/mol. The largest absolute Gasteiger partial charge is 0.490 e. The van der Waals surface area contributed by atoms with Gasteiger partial charge in [-0.3, -0.25) is 4.79 Å². The number of carbonyl (C=O) groups excluding carboxylic acids is 1. The van der Waals surface area contributed by atoms with Crippen LogP contribution in [-0.4, -0.2) is 37.1 Å². The molecule has 1 fully saturated rings. The van der Waals surface area contributed by atoms with Crippen molar-refractivity contribution in [1.29, 1.82) is 0 Å². The van der Waals surface area contributed by atoms with Crippen LogP contribution in [-0.2, 0) is 4.79 Å². The number of benzene rings is 2. The molecule has 144 valence electrons. The Morgan fingerprint density at radius 1 is 1.14 bits per heavy atom. The highest BCUT2D eigenvalue weighted by atomic mass is 16.5. The molecule has 1 atom stereocenters. The Bertz CT molecular complexity index is 903. The minimum absolute atomic E-state index is 0.0727. The van der Waals surface area contributed by atoms with E-state index in [0.29, 0.717) is 13.2 Å². The average molecular weight is 376 g/mol. The summed E-state index contributed by atoms with van der Waals surface area (Å²) in [6.07, 6.45) is 8.28. The van der Waals surface area contributed by atoms with Gasteiger partial charge in [0.1, 0.15) is 0 Å². The quantitative estimate of drug-likeness (QED) is 0.829. The summed E-state index contributed by atoms with van der Waals surface area (Å²) in [6.45, 7) is 2.34. The SMILES string of the molecule is C#Cc1cccc(NCC(=O)N2CCCC2c2ccc3c(c2)OCCCO3)c1. The third kappa shape index (κ3) is 3.91. The summed E-state index contributed by atoms with van der Waals surface area (Å²) < 4.78 is 11.5. The molecule has 0 bridgehead atoms. The van der Waals surface area contributed by atoms with Crippen LogP contribution in [0, 0.1) is 12.3 Å². The van der Waals surface area contributed by atoms with E-state index in [9.17, 15) is 4.79 Å². The zero-order chi connectivity index (χ0) is 19.3. The number of hydrogen-bond donors (Lipinski definition) is 1. The van der Waals surface area contributed by atoms with Crippen LogP contribution >= 0.6 is 0 Å². The van der Waals surface area contributed by atoms with Gasteiger partial charge >= 0.3 is 0 Å². The number of hydrogen-bond acceptors (Lipinski definition) is 4. The fourth-order valence-corrected chi connectivity index (χ4v) is 3.80. The summed E-state index contributed by atoms with van der Waals surface area (Å²) >= 11 is 0. The van der Waals surface area contributed by atoms with Crippen molar-refractivity contribution in [2.24, 2.45) is 0 Å². The van der Waals surface area contributed by atoms with Crippen molar-refractivity contribution in [2.45, 2.75) is 25.3 Å². The van der Waals surface area contributed by atoms with E-state index in [4.69, 9.17) is 15.9 Å². The molecule has 2 aliphatic rings. The highest BCUT2D eigenvalue weighted by Gasteiger charge is 2.30. The van der Waals surface area contributed by atoms with Crippen LogP contribution in [0.25, 0.3) is 0 Å². The van der Waals surface area contributed by atoms with Crippen molar-refractivity contribution >= 4 is 11.6 Å². The van der Waals surface area contributed by atoms with Crippen LogP contribution in [0.1, 0.15) is 36.4 Å². The van der Waals surface area contributed by atoms with Gasteiger partial charge in [-0.05, 0) is 48.7 Å². The van der Waals surface area contributed by atoms with Crippen LogP contribution < -0.4 is 14.8 Å². The second-order valence-electron chi connectivity index (χ2n) is 7.08. The number of ether oxygens (including phenoxy) is 2. The van der Waals surface area contributed by atoms with E-state index >= 15 is 0 Å². The molecule has 1 unspecified atom stereocenters. The van der Waals surface area contributed by atoms with Gasteiger partial charge in [0.05, 0.1) is 25.8 Å². The van der Waals surface area contributed by atoms with Gasteiger partial charge in [-0.1, -0.05) is 18.1 Å². The average Bonchev–Trinajstić information content (AvgIpc) is 3.11. The minimum atomic E-state index is 0.0727. The van der Waals surface area contributed by atoms with Crippen molar-refractivity contribution < 1.29 is 14.3 Å². The molecule has 2 aromatic carbocycles. The number of fused-ring (bicyclic) bond motifs is 1. The molecule has 0 radical (unpaired) electrons. The van der Waals surface area contributed by atoms with Gasteiger partial charge in [0.25, 0.3) is 0 Å². The van der Waals surface area contributed by atoms with Gasteiger partial charge in [-0.15, -0.1) is 6.42 Å². The molecule has 4 rings (SSSR count). The second-order valence-corrected chi connectivity index (χ2v) is 7.08. The normalized spacial score (nSPS) is 18.2. The highest BCUT2D eigenvalue weighted by Crippen LogP contribution is 2.37. The van der Waals surface area contributed by atoms with E-state index in [-0.39, 0.29) is 18.5 Å². The Morgan fingerprint density at radius 3 is 2.86 bits per heavy atom. The van der Waals surface area contributed by atoms with E-state index in [1.54, 1.807) is 0 Å². The third-order valence-electron chi connectivity index (χ3n) is 5.20. The standard InChI is InChI=1S/C23H24N2O3/c1-2-17-6-3-7-19(14-17)24-16-23(26)25-11-4-8-20(25)18-9-10-21-22(15-18)28-13-5-12-27-21/h1,3,6-7,9-10,14-15,20,24H,4-5,8,11-13,16H2. The van der Waals surface area contributed by atoms with Crippen molar-refractivity contribution in [1.82, 2.24) is 4.90 Å². The number of carbonyl (C=O) groups is 1. The van der Waals surface area contributed by atoms with Crippen molar-refractivity contribution in [3.63, 3.8) is 0 Å². The molecule has 5 nitrogen and oxygen atoms in total. The van der Waals surface area contributed by atoms with Gasteiger partial charge < -0.3 is 19.7 Å². The maximum Gasteiger partial charge on any atom is 0.242 e. The molecular formula is C23H24N2O3. The lowest BCUT2D eigenvalue weighted by atomic mass is 10.0. The zero-order valence-corrected chi connectivity index (χ0v) is 15.8. The molecule has 1 amide bonds. The summed E-state index contributed by atoms with van der Waals surface area (Å²) in [6, 6.07) is 13.7. The molecule has 2 aromatic rings. The van der Waals surface area contributed by atoms with Crippen LogP contribution in [0.5, 0.6) is 11.5 Å². The fraction of sp³-hybridized carbons (Fsp3) is 0.348. The highest BCUT2D eigenvalue weighted by molar-refractivity contribution is 5.81. The smallest absolute Gasteiger partial charge is 0.242 e. The number of nitrogens with one attached hydrogen (secondary N) is 1. The van der Waals surface area contributed by atoms with E-state index in [0.717, 1.165) is 54.1 Å².